The Hall–Kier alpha value is -0.770. The molecule has 0 aliphatic carbocycles. The van der Waals surface area contributed by atoms with Gasteiger partial charge >= 0.3 is 0 Å². The Morgan fingerprint density at radius 2 is 1.77 bits per heavy atom. The SMILES string of the molecule is O=C(C1CCCN(Cc2c(Cl)cccc2Cl)C1)N1CCCC1. The van der Waals surface area contributed by atoms with E-state index >= 15 is 0 Å². The molecule has 1 aromatic carbocycles. The van der Waals surface area contributed by atoms with E-state index in [2.05, 4.69) is 4.90 Å². The first-order valence-corrected chi connectivity index (χ1v) is 8.85. The molecular weight excluding hydrogens is 319 g/mol. The average Bonchev–Trinajstić information content (AvgIpc) is 3.05. The van der Waals surface area contributed by atoms with Crippen LogP contribution >= 0.6 is 23.2 Å². The number of likely N-dealkylation sites (tertiary alicyclic amines) is 2. The predicted molar refractivity (Wildman–Crippen MR) is 90.3 cm³/mol. The fourth-order valence-electron chi connectivity index (χ4n) is 3.50. The lowest BCUT2D eigenvalue weighted by Crippen LogP contribution is -2.43. The van der Waals surface area contributed by atoms with Gasteiger partial charge in [-0.25, -0.2) is 0 Å². The van der Waals surface area contributed by atoms with Crippen LogP contribution in [0.5, 0.6) is 0 Å². The Balaban J connectivity index is 1.64. The molecule has 1 atom stereocenters. The Labute approximate surface area is 142 Å². The second-order valence-corrected chi connectivity index (χ2v) is 7.12. The van der Waals surface area contributed by atoms with E-state index in [1.807, 2.05) is 23.1 Å². The van der Waals surface area contributed by atoms with Crippen LogP contribution in [-0.4, -0.2) is 41.9 Å². The normalized spacial score (nSPS) is 23.0. The predicted octanol–water partition coefficient (Wildman–Crippen LogP) is 3.83. The average molecular weight is 341 g/mol. The molecule has 0 bridgehead atoms. The van der Waals surface area contributed by atoms with Gasteiger partial charge in [-0.2, -0.15) is 0 Å². The van der Waals surface area contributed by atoms with Gasteiger partial charge in [0, 0.05) is 41.8 Å². The Morgan fingerprint density at radius 1 is 1.09 bits per heavy atom. The third-order valence-corrected chi connectivity index (χ3v) is 5.42. The maximum atomic E-state index is 12.6. The highest BCUT2D eigenvalue weighted by Gasteiger charge is 2.30. The van der Waals surface area contributed by atoms with Gasteiger partial charge < -0.3 is 4.90 Å². The maximum absolute atomic E-state index is 12.6. The van der Waals surface area contributed by atoms with Crippen molar-refractivity contribution >= 4 is 29.1 Å². The molecule has 22 heavy (non-hydrogen) atoms. The molecule has 2 fully saturated rings. The molecule has 0 aromatic heterocycles. The molecular formula is C17H22Cl2N2O. The zero-order chi connectivity index (χ0) is 15.5. The number of hydrogen-bond acceptors (Lipinski definition) is 2. The number of amides is 1. The molecule has 0 spiro atoms. The Kier molecular flexibility index (Phi) is 5.27. The zero-order valence-electron chi connectivity index (χ0n) is 12.7. The molecule has 1 amide bonds. The summed E-state index contributed by atoms with van der Waals surface area (Å²) in [6, 6.07) is 5.61. The molecule has 3 rings (SSSR count). The molecule has 2 aliphatic rings. The summed E-state index contributed by atoms with van der Waals surface area (Å²) in [6.45, 7) is 4.42. The maximum Gasteiger partial charge on any atom is 0.226 e. The van der Waals surface area contributed by atoms with Crippen LogP contribution in [0.15, 0.2) is 18.2 Å². The van der Waals surface area contributed by atoms with E-state index in [-0.39, 0.29) is 5.92 Å². The highest BCUT2D eigenvalue weighted by atomic mass is 35.5. The van der Waals surface area contributed by atoms with Crippen molar-refractivity contribution in [3.8, 4) is 0 Å². The minimum absolute atomic E-state index is 0.133. The summed E-state index contributed by atoms with van der Waals surface area (Å²) in [4.78, 5) is 16.9. The van der Waals surface area contributed by atoms with Gasteiger partial charge in [0.25, 0.3) is 0 Å². The van der Waals surface area contributed by atoms with Crippen LogP contribution in [0.4, 0.5) is 0 Å². The van der Waals surface area contributed by atoms with Crippen LogP contribution in [0.2, 0.25) is 10.0 Å². The second-order valence-electron chi connectivity index (χ2n) is 6.31. The van der Waals surface area contributed by atoms with Crippen molar-refractivity contribution in [1.29, 1.82) is 0 Å². The number of piperidine rings is 1. The monoisotopic (exact) mass is 340 g/mol. The van der Waals surface area contributed by atoms with Crippen molar-refractivity contribution in [2.24, 2.45) is 5.92 Å². The van der Waals surface area contributed by atoms with Crippen molar-refractivity contribution in [3.05, 3.63) is 33.8 Å². The highest BCUT2D eigenvalue weighted by molar-refractivity contribution is 6.35. The van der Waals surface area contributed by atoms with E-state index in [1.165, 1.54) is 0 Å². The quantitative estimate of drug-likeness (QED) is 0.834. The van der Waals surface area contributed by atoms with Crippen LogP contribution in [-0.2, 0) is 11.3 Å². The van der Waals surface area contributed by atoms with Gasteiger partial charge in [-0.1, -0.05) is 29.3 Å². The van der Waals surface area contributed by atoms with Gasteiger partial charge in [-0.15, -0.1) is 0 Å². The lowest BCUT2D eigenvalue weighted by molar-refractivity contribution is -0.136. The molecule has 2 heterocycles. The van der Waals surface area contributed by atoms with Crippen LogP contribution in [0.3, 0.4) is 0 Å². The molecule has 1 aromatic rings. The van der Waals surface area contributed by atoms with Crippen molar-refractivity contribution < 1.29 is 4.79 Å². The first kappa shape index (κ1) is 16.1. The van der Waals surface area contributed by atoms with Gasteiger partial charge in [-0.05, 0) is 44.4 Å². The largest absolute Gasteiger partial charge is 0.342 e. The van der Waals surface area contributed by atoms with E-state index in [1.54, 1.807) is 0 Å². The molecule has 0 saturated carbocycles. The summed E-state index contributed by atoms with van der Waals surface area (Å²) in [5.41, 5.74) is 0.972. The Bertz CT molecular complexity index is 523. The standard InChI is InChI=1S/C17H22Cl2N2O/c18-15-6-3-7-16(19)14(15)12-20-8-4-5-13(11-20)17(22)21-9-1-2-10-21/h3,6-7,13H,1-2,4-5,8-12H2. The van der Waals surface area contributed by atoms with Gasteiger partial charge in [-0.3, -0.25) is 9.69 Å². The van der Waals surface area contributed by atoms with E-state index in [4.69, 9.17) is 23.2 Å². The molecule has 1 unspecified atom stereocenters. The molecule has 3 nitrogen and oxygen atoms in total. The number of halogens is 2. The number of nitrogens with zero attached hydrogens (tertiary/aromatic N) is 2. The summed E-state index contributed by atoms with van der Waals surface area (Å²) >= 11 is 12.5. The summed E-state index contributed by atoms with van der Waals surface area (Å²) in [5, 5.41) is 1.42. The first-order chi connectivity index (χ1) is 10.6. The summed E-state index contributed by atoms with van der Waals surface area (Å²) in [5.74, 6) is 0.473. The lowest BCUT2D eigenvalue weighted by Gasteiger charge is -2.34. The molecule has 0 radical (unpaired) electrons. The molecule has 5 heteroatoms. The van der Waals surface area contributed by atoms with E-state index in [0.29, 0.717) is 16.0 Å². The highest BCUT2D eigenvalue weighted by Crippen LogP contribution is 2.28. The van der Waals surface area contributed by atoms with E-state index in [0.717, 1.165) is 64.0 Å². The zero-order valence-corrected chi connectivity index (χ0v) is 14.2. The second kappa shape index (κ2) is 7.20. The van der Waals surface area contributed by atoms with Crippen molar-refractivity contribution in [1.82, 2.24) is 9.80 Å². The number of rotatable bonds is 3. The Morgan fingerprint density at radius 3 is 2.45 bits per heavy atom. The summed E-state index contributed by atoms with van der Waals surface area (Å²) in [7, 11) is 0. The third-order valence-electron chi connectivity index (χ3n) is 4.72. The number of carbonyl (C=O) groups is 1. The third kappa shape index (κ3) is 3.58. The van der Waals surface area contributed by atoms with E-state index in [9.17, 15) is 4.79 Å². The topological polar surface area (TPSA) is 23.6 Å². The number of benzene rings is 1. The lowest BCUT2D eigenvalue weighted by atomic mass is 9.96. The summed E-state index contributed by atoms with van der Waals surface area (Å²) < 4.78 is 0. The van der Waals surface area contributed by atoms with Gasteiger partial charge in [0.05, 0.1) is 5.92 Å². The number of hydrogen-bond donors (Lipinski definition) is 0. The molecule has 0 N–H and O–H groups in total. The van der Waals surface area contributed by atoms with Gasteiger partial charge in [0.1, 0.15) is 0 Å². The fourth-order valence-corrected chi connectivity index (χ4v) is 4.02. The summed E-state index contributed by atoms with van der Waals surface area (Å²) in [6.07, 6.45) is 4.36. The van der Waals surface area contributed by atoms with Gasteiger partial charge in [0.2, 0.25) is 5.91 Å². The molecule has 120 valence electrons. The van der Waals surface area contributed by atoms with Crippen LogP contribution < -0.4 is 0 Å². The van der Waals surface area contributed by atoms with Crippen molar-refractivity contribution in [2.45, 2.75) is 32.2 Å². The van der Waals surface area contributed by atoms with E-state index < -0.39 is 0 Å². The fraction of sp³-hybridized carbons (Fsp3) is 0.588. The van der Waals surface area contributed by atoms with Crippen LogP contribution in [0, 0.1) is 5.92 Å². The molecule has 2 saturated heterocycles. The first-order valence-electron chi connectivity index (χ1n) is 8.09. The minimum Gasteiger partial charge on any atom is -0.342 e. The van der Waals surface area contributed by atoms with Crippen LogP contribution in [0.25, 0.3) is 0 Å². The van der Waals surface area contributed by atoms with Crippen molar-refractivity contribution in [2.75, 3.05) is 26.2 Å². The minimum atomic E-state index is 0.133. The van der Waals surface area contributed by atoms with Gasteiger partial charge in [0.15, 0.2) is 0 Å². The molecule has 2 aliphatic heterocycles. The number of carbonyl (C=O) groups excluding carboxylic acids is 1. The van der Waals surface area contributed by atoms with Crippen LogP contribution in [0.1, 0.15) is 31.2 Å². The smallest absolute Gasteiger partial charge is 0.226 e. The van der Waals surface area contributed by atoms with Crippen molar-refractivity contribution in [3.63, 3.8) is 0 Å².